The monoisotopic (exact) mass is 485 g/mol. The summed E-state index contributed by atoms with van der Waals surface area (Å²) in [5, 5.41) is 8.20. The molecule has 1 saturated carbocycles. The number of hydrogen-bond donors (Lipinski definition) is 1. The molecule has 2 aromatic heterocycles. The first-order valence-electron chi connectivity index (χ1n) is 12.3. The lowest BCUT2D eigenvalue weighted by molar-refractivity contribution is -0.0494. The molecule has 4 heterocycles. The number of piperazine rings is 1. The summed E-state index contributed by atoms with van der Waals surface area (Å²) in [5.74, 6) is -1.27. The van der Waals surface area contributed by atoms with Gasteiger partial charge in [0.25, 0.3) is 5.78 Å². The lowest BCUT2D eigenvalue weighted by atomic mass is 9.81. The molecule has 1 N–H and O–H groups in total. The fraction of sp³-hybridized carbons (Fsp3) is 0.625. The van der Waals surface area contributed by atoms with Gasteiger partial charge >= 0.3 is 0 Å². The van der Waals surface area contributed by atoms with E-state index in [1.54, 1.807) is 4.52 Å². The number of likely N-dealkylation sites (N-methyl/N-ethyl adjacent to an activating group) is 1. The van der Waals surface area contributed by atoms with Crippen molar-refractivity contribution in [1.29, 1.82) is 0 Å². The van der Waals surface area contributed by atoms with Gasteiger partial charge in [-0.15, -0.1) is 0 Å². The van der Waals surface area contributed by atoms with E-state index in [2.05, 4.69) is 38.7 Å². The molecule has 5 rings (SSSR count). The molecule has 188 valence electrons. The van der Waals surface area contributed by atoms with Crippen LogP contribution in [0, 0.1) is 12.8 Å². The van der Waals surface area contributed by atoms with Gasteiger partial charge in [0.1, 0.15) is 18.1 Å². The van der Waals surface area contributed by atoms with Crippen molar-refractivity contribution in [1.82, 2.24) is 29.8 Å². The predicted octanol–water partition coefficient (Wildman–Crippen LogP) is 3.03. The molecule has 0 amide bonds. The van der Waals surface area contributed by atoms with E-state index in [9.17, 15) is 8.78 Å². The van der Waals surface area contributed by atoms with E-state index in [1.807, 2.05) is 20.0 Å². The van der Waals surface area contributed by atoms with Crippen LogP contribution in [0.5, 0.6) is 0 Å². The number of halogens is 2. The molecular formula is C24H33F2N9. The maximum Gasteiger partial charge on any atom is 0.252 e. The molecule has 1 unspecified atom stereocenters. The number of alkyl halides is 2. The van der Waals surface area contributed by atoms with Crippen LogP contribution in [-0.4, -0.2) is 81.7 Å². The Hall–Kier alpha value is -2.95. The van der Waals surface area contributed by atoms with E-state index < -0.39 is 5.92 Å². The van der Waals surface area contributed by atoms with Gasteiger partial charge in [-0.25, -0.2) is 18.3 Å². The highest BCUT2D eigenvalue weighted by Gasteiger charge is 2.39. The van der Waals surface area contributed by atoms with Crippen LogP contribution >= 0.6 is 0 Å². The molecule has 2 fully saturated rings. The Morgan fingerprint density at radius 3 is 2.49 bits per heavy atom. The van der Waals surface area contributed by atoms with E-state index in [-0.39, 0.29) is 24.8 Å². The number of nitrogens with zero attached hydrogens (tertiary/aromatic N) is 8. The normalized spacial score (nSPS) is 22.3. The summed E-state index contributed by atoms with van der Waals surface area (Å²) in [6.45, 7) is 12.1. The maximum absolute atomic E-state index is 13.9. The molecule has 2 aliphatic heterocycles. The van der Waals surface area contributed by atoms with Gasteiger partial charge in [-0.3, -0.25) is 9.98 Å². The van der Waals surface area contributed by atoms with Crippen molar-refractivity contribution in [2.24, 2.45) is 15.9 Å². The Morgan fingerprint density at radius 1 is 1.11 bits per heavy atom. The third kappa shape index (κ3) is 4.91. The fourth-order valence-electron chi connectivity index (χ4n) is 5.18. The third-order valence-corrected chi connectivity index (χ3v) is 7.33. The van der Waals surface area contributed by atoms with Crippen molar-refractivity contribution >= 4 is 23.0 Å². The first kappa shape index (κ1) is 23.8. The number of aromatic nitrogens is 4. The molecule has 0 aromatic carbocycles. The number of anilines is 1. The van der Waals surface area contributed by atoms with Crippen LogP contribution in [0.2, 0.25) is 0 Å². The number of aliphatic imine (C=N–C) groups is 2. The first-order valence-corrected chi connectivity index (χ1v) is 12.3. The van der Waals surface area contributed by atoms with Crippen LogP contribution in [0.1, 0.15) is 50.0 Å². The van der Waals surface area contributed by atoms with Crippen molar-refractivity contribution in [2.45, 2.75) is 51.5 Å². The summed E-state index contributed by atoms with van der Waals surface area (Å²) in [6, 6.07) is -0.300. The Kier molecular flexibility index (Phi) is 6.29. The standard InChI is InChI=1S/C24H33F2N9/c1-15-20(28-14-27-15)16(2)29-21(18-5-7-24(25,26)8-6-18)19-13-35-23(30-19)31-22(17(3)32-35)34-11-9-33(4)10-12-34/h13,18,21,29H,2,5-12,14H2,1,3-4H3. The number of hydrogen-bond acceptors (Lipinski definition) is 8. The van der Waals surface area contributed by atoms with Crippen molar-refractivity contribution in [2.75, 3.05) is 44.8 Å². The summed E-state index contributed by atoms with van der Waals surface area (Å²) in [4.78, 5) is 23.0. The van der Waals surface area contributed by atoms with Crippen molar-refractivity contribution < 1.29 is 8.78 Å². The van der Waals surface area contributed by atoms with Gasteiger partial charge in [0, 0.05) is 39.0 Å². The van der Waals surface area contributed by atoms with E-state index in [0.29, 0.717) is 31.0 Å². The number of fused-ring (bicyclic) bond motifs is 1. The quantitative estimate of drug-likeness (QED) is 0.677. The minimum atomic E-state index is -2.60. The van der Waals surface area contributed by atoms with Crippen LogP contribution in [0.25, 0.3) is 5.78 Å². The average molecular weight is 486 g/mol. The Balaban J connectivity index is 1.45. The highest BCUT2D eigenvalue weighted by atomic mass is 19.3. The van der Waals surface area contributed by atoms with E-state index in [4.69, 9.17) is 15.1 Å². The highest BCUT2D eigenvalue weighted by molar-refractivity contribution is 6.48. The van der Waals surface area contributed by atoms with Crippen LogP contribution in [0.3, 0.4) is 0 Å². The molecule has 0 bridgehead atoms. The molecule has 1 aliphatic carbocycles. The van der Waals surface area contributed by atoms with Crippen molar-refractivity contribution in [3.05, 3.63) is 29.9 Å². The summed E-state index contributed by atoms with van der Waals surface area (Å²) in [7, 11) is 2.12. The zero-order chi connectivity index (χ0) is 24.7. The van der Waals surface area contributed by atoms with Gasteiger partial charge in [0.05, 0.1) is 29.3 Å². The van der Waals surface area contributed by atoms with Gasteiger partial charge < -0.3 is 15.1 Å². The second kappa shape index (κ2) is 9.25. The highest BCUT2D eigenvalue weighted by Crippen LogP contribution is 2.41. The van der Waals surface area contributed by atoms with Crippen LogP contribution in [0.15, 0.2) is 28.5 Å². The lowest BCUT2D eigenvalue weighted by Gasteiger charge is -2.34. The van der Waals surface area contributed by atoms with Gasteiger partial charge in [-0.05, 0) is 39.7 Å². The average Bonchev–Trinajstić information content (AvgIpc) is 3.43. The lowest BCUT2D eigenvalue weighted by Crippen LogP contribution is -2.45. The Labute approximate surface area is 204 Å². The molecule has 9 nitrogen and oxygen atoms in total. The Morgan fingerprint density at radius 2 is 1.83 bits per heavy atom. The number of aryl methyl sites for hydroxylation is 1. The second-order valence-electron chi connectivity index (χ2n) is 9.91. The SMILES string of the molecule is C=C(NC(c1cn2nc(C)c(N3CCN(C)CC3)nc2n1)C1CCC(F)(F)CC1)C1=NCN=C1C. The maximum atomic E-state index is 13.9. The predicted molar refractivity (Wildman–Crippen MR) is 133 cm³/mol. The van der Waals surface area contributed by atoms with Gasteiger partial charge in [-0.2, -0.15) is 10.1 Å². The molecule has 0 spiro atoms. The molecular weight excluding hydrogens is 452 g/mol. The van der Waals surface area contributed by atoms with Crippen molar-refractivity contribution in [3.8, 4) is 0 Å². The van der Waals surface area contributed by atoms with Crippen LogP contribution < -0.4 is 10.2 Å². The van der Waals surface area contributed by atoms with Gasteiger partial charge in [0.2, 0.25) is 5.92 Å². The van der Waals surface area contributed by atoms with Gasteiger partial charge in [0.15, 0.2) is 5.82 Å². The topological polar surface area (TPSA) is 86.3 Å². The molecule has 0 radical (unpaired) electrons. The zero-order valence-corrected chi connectivity index (χ0v) is 20.6. The number of nitrogens with one attached hydrogen (secondary N) is 1. The second-order valence-corrected chi connectivity index (χ2v) is 9.91. The summed E-state index contributed by atoms with van der Waals surface area (Å²) in [6.07, 6.45) is 2.41. The molecule has 35 heavy (non-hydrogen) atoms. The molecule has 3 aliphatic rings. The van der Waals surface area contributed by atoms with Crippen LogP contribution in [-0.2, 0) is 0 Å². The summed E-state index contributed by atoms with van der Waals surface area (Å²) >= 11 is 0. The summed E-state index contributed by atoms with van der Waals surface area (Å²) in [5.41, 5.74) is 3.75. The van der Waals surface area contributed by atoms with Gasteiger partial charge in [-0.1, -0.05) is 6.58 Å². The minimum absolute atomic E-state index is 0.0197. The largest absolute Gasteiger partial charge is 0.375 e. The molecule has 1 atom stereocenters. The number of imidazole rings is 1. The first-order chi connectivity index (χ1) is 16.7. The zero-order valence-electron chi connectivity index (χ0n) is 20.6. The van der Waals surface area contributed by atoms with E-state index in [0.717, 1.165) is 54.8 Å². The van der Waals surface area contributed by atoms with E-state index in [1.165, 1.54) is 0 Å². The molecule has 1 saturated heterocycles. The number of allylic oxidation sites excluding steroid dienone is 1. The minimum Gasteiger partial charge on any atom is -0.375 e. The number of rotatable bonds is 6. The van der Waals surface area contributed by atoms with E-state index >= 15 is 0 Å². The fourth-order valence-corrected chi connectivity index (χ4v) is 5.18. The van der Waals surface area contributed by atoms with Crippen LogP contribution in [0.4, 0.5) is 14.6 Å². The van der Waals surface area contributed by atoms with Crippen molar-refractivity contribution in [3.63, 3.8) is 0 Å². The summed E-state index contributed by atoms with van der Waals surface area (Å²) < 4.78 is 29.6. The smallest absolute Gasteiger partial charge is 0.252 e. The molecule has 11 heteroatoms. The third-order valence-electron chi connectivity index (χ3n) is 7.33. The molecule has 2 aromatic rings. The Bertz CT molecular complexity index is 1170.